The minimum Gasteiger partial charge on any atom is -0.462 e. The molecule has 0 aliphatic rings. The van der Waals surface area contributed by atoms with E-state index >= 15 is 0 Å². The molecule has 8 heteroatoms. The van der Waals surface area contributed by atoms with Gasteiger partial charge >= 0.3 is 5.97 Å². The minimum atomic E-state index is -0.499. The molecular weight excluding hydrogens is 303 g/mol. The molecule has 20 heavy (non-hydrogen) atoms. The Kier molecular flexibility index (Phi) is 5.74. The predicted molar refractivity (Wildman–Crippen MR) is 78.7 cm³/mol. The lowest BCUT2D eigenvalue weighted by atomic mass is 10.2. The summed E-state index contributed by atoms with van der Waals surface area (Å²) in [5, 5.41) is 7.56. The van der Waals surface area contributed by atoms with Crippen molar-refractivity contribution in [2.75, 3.05) is 13.7 Å². The first-order chi connectivity index (χ1) is 9.06. The van der Waals surface area contributed by atoms with Crippen LogP contribution in [0, 0.1) is 0 Å². The lowest BCUT2D eigenvalue weighted by Crippen LogP contribution is -2.13. The van der Waals surface area contributed by atoms with Crippen molar-refractivity contribution >= 4 is 35.6 Å². The monoisotopic (exact) mass is 318 g/mol. The van der Waals surface area contributed by atoms with Crippen molar-refractivity contribution in [1.29, 1.82) is 0 Å². The van der Waals surface area contributed by atoms with Gasteiger partial charge in [-0.05, 0) is 20.9 Å². The van der Waals surface area contributed by atoms with Gasteiger partial charge < -0.3 is 10.1 Å². The maximum atomic E-state index is 11.7. The van der Waals surface area contributed by atoms with Gasteiger partial charge in [-0.3, -0.25) is 0 Å². The summed E-state index contributed by atoms with van der Waals surface area (Å²) in [4.78, 5) is 15.9. The average molecular weight is 319 g/mol. The molecule has 110 valence electrons. The lowest BCUT2D eigenvalue weighted by molar-refractivity contribution is 0.0525. The first kappa shape index (κ1) is 16.7. The maximum absolute atomic E-state index is 11.7. The van der Waals surface area contributed by atoms with Gasteiger partial charge in [-0.25, -0.2) is 14.3 Å². The number of rotatable bonds is 4. The second kappa shape index (κ2) is 6.88. The molecule has 0 saturated carbocycles. The van der Waals surface area contributed by atoms with Crippen molar-refractivity contribution in [2.24, 2.45) is 0 Å². The number of carbonyl (C=O) groups is 1. The van der Waals surface area contributed by atoms with Crippen LogP contribution in [0.5, 0.6) is 0 Å². The molecule has 0 amide bonds. The van der Waals surface area contributed by atoms with Crippen LogP contribution in [0.4, 0.5) is 0 Å². The van der Waals surface area contributed by atoms with E-state index in [0.29, 0.717) is 5.65 Å². The Balaban J connectivity index is 0.00000200. The third-order valence-electron chi connectivity index (χ3n) is 2.79. The SMILES string of the molecule is CCOC(=O)c1cn2nc([C@H](C)NC)cc2nc1Cl.Cl. The van der Waals surface area contributed by atoms with Crippen molar-refractivity contribution in [1.82, 2.24) is 19.9 Å². The van der Waals surface area contributed by atoms with Crippen LogP contribution in [0.2, 0.25) is 5.15 Å². The number of nitrogens with one attached hydrogen (secondary N) is 1. The van der Waals surface area contributed by atoms with Crippen LogP contribution in [0.15, 0.2) is 12.3 Å². The van der Waals surface area contributed by atoms with E-state index < -0.39 is 5.97 Å². The van der Waals surface area contributed by atoms with E-state index in [2.05, 4.69) is 15.4 Å². The summed E-state index contributed by atoms with van der Waals surface area (Å²) >= 11 is 5.99. The zero-order valence-corrected chi connectivity index (χ0v) is 13.0. The fourth-order valence-corrected chi connectivity index (χ4v) is 1.84. The molecule has 2 aromatic rings. The molecule has 0 unspecified atom stereocenters. The van der Waals surface area contributed by atoms with E-state index in [0.717, 1.165) is 5.69 Å². The molecule has 0 spiro atoms. The largest absolute Gasteiger partial charge is 0.462 e. The molecule has 1 N–H and O–H groups in total. The van der Waals surface area contributed by atoms with Gasteiger partial charge in [-0.1, -0.05) is 11.6 Å². The summed E-state index contributed by atoms with van der Waals surface area (Å²) in [5.41, 5.74) is 1.63. The van der Waals surface area contributed by atoms with Gasteiger partial charge in [0.05, 0.1) is 12.3 Å². The lowest BCUT2D eigenvalue weighted by Gasteiger charge is -2.04. The van der Waals surface area contributed by atoms with Gasteiger partial charge in [-0.2, -0.15) is 5.10 Å². The van der Waals surface area contributed by atoms with Crippen molar-refractivity contribution in [3.05, 3.63) is 28.7 Å². The Bertz CT molecular complexity index is 615. The second-order valence-corrected chi connectivity index (χ2v) is 4.41. The van der Waals surface area contributed by atoms with Crippen LogP contribution in [-0.4, -0.2) is 34.2 Å². The quantitative estimate of drug-likeness (QED) is 0.691. The number of fused-ring (bicyclic) bond motifs is 1. The molecule has 0 bridgehead atoms. The molecule has 0 aliphatic heterocycles. The number of halogens is 2. The molecule has 0 radical (unpaired) electrons. The summed E-state index contributed by atoms with van der Waals surface area (Å²) in [7, 11) is 1.85. The number of carbonyl (C=O) groups excluding carboxylic acids is 1. The molecule has 0 saturated heterocycles. The first-order valence-corrected chi connectivity index (χ1v) is 6.34. The van der Waals surface area contributed by atoms with Gasteiger partial charge in [0, 0.05) is 18.3 Å². The summed E-state index contributed by atoms with van der Waals surface area (Å²) in [6.07, 6.45) is 1.54. The van der Waals surface area contributed by atoms with E-state index in [9.17, 15) is 4.79 Å². The number of nitrogens with zero attached hydrogens (tertiary/aromatic N) is 3. The number of ether oxygens (including phenoxy) is 1. The molecule has 0 fully saturated rings. The molecule has 0 aromatic carbocycles. The molecule has 2 heterocycles. The summed E-state index contributed by atoms with van der Waals surface area (Å²) < 4.78 is 6.45. The molecule has 2 rings (SSSR count). The van der Waals surface area contributed by atoms with Crippen molar-refractivity contribution in [2.45, 2.75) is 19.9 Å². The Hall–Kier alpha value is -1.37. The van der Waals surface area contributed by atoms with E-state index in [4.69, 9.17) is 16.3 Å². The number of esters is 1. The minimum absolute atomic E-state index is 0. The normalized spacial score (nSPS) is 12.0. The molecule has 6 nitrogen and oxygen atoms in total. The van der Waals surface area contributed by atoms with Crippen LogP contribution in [0.1, 0.15) is 35.9 Å². The topological polar surface area (TPSA) is 68.5 Å². The fourth-order valence-electron chi connectivity index (χ4n) is 1.62. The number of aromatic nitrogens is 3. The molecule has 0 aliphatic carbocycles. The van der Waals surface area contributed by atoms with E-state index in [-0.39, 0.29) is 35.8 Å². The summed E-state index contributed by atoms with van der Waals surface area (Å²) in [5.74, 6) is -0.499. The molecule has 2 aromatic heterocycles. The van der Waals surface area contributed by atoms with Crippen LogP contribution in [0.3, 0.4) is 0 Å². The third-order valence-corrected chi connectivity index (χ3v) is 3.08. The highest BCUT2D eigenvalue weighted by atomic mass is 35.5. The first-order valence-electron chi connectivity index (χ1n) is 5.97. The van der Waals surface area contributed by atoms with Crippen molar-refractivity contribution in [3.63, 3.8) is 0 Å². The Labute approximate surface area is 127 Å². The second-order valence-electron chi connectivity index (χ2n) is 4.05. The van der Waals surface area contributed by atoms with Gasteiger partial charge in [0.1, 0.15) is 10.7 Å². The van der Waals surface area contributed by atoms with E-state index in [1.54, 1.807) is 6.92 Å². The van der Waals surface area contributed by atoms with Gasteiger partial charge in [0.2, 0.25) is 0 Å². The predicted octanol–water partition coefficient (Wildman–Crippen LogP) is 2.26. The zero-order valence-electron chi connectivity index (χ0n) is 11.4. The van der Waals surface area contributed by atoms with Gasteiger partial charge in [0.15, 0.2) is 5.65 Å². The van der Waals surface area contributed by atoms with Gasteiger partial charge in [-0.15, -0.1) is 12.4 Å². The summed E-state index contributed by atoms with van der Waals surface area (Å²) in [6.45, 7) is 4.00. The Morgan fingerprint density at radius 2 is 2.30 bits per heavy atom. The molecule has 1 atom stereocenters. The highest BCUT2D eigenvalue weighted by Crippen LogP contribution is 2.18. The van der Waals surface area contributed by atoms with E-state index in [1.165, 1.54) is 10.7 Å². The van der Waals surface area contributed by atoms with Crippen LogP contribution in [-0.2, 0) is 4.74 Å². The van der Waals surface area contributed by atoms with Crippen LogP contribution in [0.25, 0.3) is 5.65 Å². The van der Waals surface area contributed by atoms with E-state index in [1.807, 2.05) is 20.0 Å². The highest BCUT2D eigenvalue weighted by Gasteiger charge is 2.16. The number of hydrogen-bond acceptors (Lipinski definition) is 5. The Morgan fingerprint density at radius 1 is 1.60 bits per heavy atom. The maximum Gasteiger partial charge on any atom is 0.342 e. The summed E-state index contributed by atoms with van der Waals surface area (Å²) in [6, 6.07) is 1.91. The standard InChI is InChI=1S/C12H15ClN4O2.ClH/c1-4-19-12(18)8-6-17-10(15-11(8)13)5-9(16-17)7(2)14-3;/h5-7,14H,4H2,1-3H3;1H/t7-;/m0./s1. The number of hydrogen-bond donors (Lipinski definition) is 1. The molecular formula is C12H16Cl2N4O2. The fraction of sp³-hybridized carbons (Fsp3) is 0.417. The average Bonchev–Trinajstić information content (AvgIpc) is 2.79. The van der Waals surface area contributed by atoms with Crippen molar-refractivity contribution in [3.8, 4) is 0 Å². The van der Waals surface area contributed by atoms with Crippen LogP contribution < -0.4 is 5.32 Å². The van der Waals surface area contributed by atoms with Crippen molar-refractivity contribution < 1.29 is 9.53 Å². The van der Waals surface area contributed by atoms with Gasteiger partial charge in [0.25, 0.3) is 0 Å². The third kappa shape index (κ3) is 3.20. The van der Waals surface area contributed by atoms with Crippen LogP contribution >= 0.6 is 24.0 Å². The zero-order chi connectivity index (χ0) is 14.0. The Morgan fingerprint density at radius 3 is 2.90 bits per heavy atom. The smallest absolute Gasteiger partial charge is 0.342 e. The highest BCUT2D eigenvalue weighted by molar-refractivity contribution is 6.32.